The smallest absolute Gasteiger partial charge is 0.416 e. The summed E-state index contributed by atoms with van der Waals surface area (Å²) in [5.41, 5.74) is 0.865. The minimum atomic E-state index is -4.39. The molecule has 0 aromatic heterocycles. The fraction of sp³-hybridized carbons (Fsp3) is 0.250. The van der Waals surface area contributed by atoms with Crippen LogP contribution < -0.4 is 9.64 Å². The van der Waals surface area contributed by atoms with Gasteiger partial charge < -0.3 is 9.64 Å². The van der Waals surface area contributed by atoms with Crippen LogP contribution in [0.1, 0.15) is 27.9 Å². The molecule has 0 bridgehead atoms. The molecular formula is C20H18F3NO2. The maximum atomic E-state index is 12.9. The zero-order valence-electron chi connectivity index (χ0n) is 14.1. The summed E-state index contributed by atoms with van der Waals surface area (Å²) in [6.07, 6.45) is -1.61. The van der Waals surface area contributed by atoms with Gasteiger partial charge in [-0.1, -0.05) is 12.7 Å². The Kier molecular flexibility index (Phi) is 5.02. The number of amides is 1. The number of nitrogens with zero attached hydrogens (tertiary/aromatic N) is 1. The molecule has 3 nitrogen and oxygen atoms in total. The molecule has 0 radical (unpaired) electrons. The van der Waals surface area contributed by atoms with Crippen LogP contribution in [0.5, 0.6) is 5.75 Å². The molecule has 2 aromatic carbocycles. The Morgan fingerprint density at radius 3 is 2.58 bits per heavy atom. The molecule has 1 amide bonds. The topological polar surface area (TPSA) is 29.5 Å². The van der Waals surface area contributed by atoms with Gasteiger partial charge >= 0.3 is 6.18 Å². The minimum absolute atomic E-state index is 0.235. The average Bonchev–Trinajstić information content (AvgIpc) is 2.64. The summed E-state index contributed by atoms with van der Waals surface area (Å²) in [6.45, 7) is 4.42. The molecule has 0 aliphatic carbocycles. The van der Waals surface area contributed by atoms with Crippen molar-refractivity contribution in [1.82, 2.24) is 0 Å². The molecule has 1 aliphatic rings. The molecule has 3 rings (SSSR count). The number of carbonyl (C=O) groups excluding carboxylic acids is 1. The lowest BCUT2D eigenvalue weighted by Gasteiger charge is -2.30. The third kappa shape index (κ3) is 3.74. The summed E-state index contributed by atoms with van der Waals surface area (Å²) in [5.74, 6) is 0.385. The van der Waals surface area contributed by atoms with Crippen molar-refractivity contribution < 1.29 is 22.7 Å². The van der Waals surface area contributed by atoms with Crippen molar-refractivity contribution in [3.63, 3.8) is 0 Å². The van der Waals surface area contributed by atoms with Gasteiger partial charge in [0.2, 0.25) is 0 Å². The van der Waals surface area contributed by atoms with Crippen LogP contribution in [0.4, 0.5) is 18.9 Å². The first-order valence-electron chi connectivity index (χ1n) is 8.26. The van der Waals surface area contributed by atoms with Crippen molar-refractivity contribution in [3.05, 3.63) is 71.8 Å². The van der Waals surface area contributed by atoms with Crippen LogP contribution in [0.3, 0.4) is 0 Å². The minimum Gasteiger partial charge on any atom is -0.490 e. The number of hydrogen-bond donors (Lipinski definition) is 0. The number of ether oxygens (including phenoxy) is 1. The number of alkyl halides is 3. The molecule has 136 valence electrons. The molecule has 0 fully saturated rings. The second-order valence-corrected chi connectivity index (χ2v) is 6.03. The lowest BCUT2D eigenvalue weighted by Crippen LogP contribution is -2.35. The zero-order valence-corrected chi connectivity index (χ0v) is 14.1. The van der Waals surface area contributed by atoms with Gasteiger partial charge in [0.15, 0.2) is 0 Å². The number of anilines is 1. The summed E-state index contributed by atoms with van der Waals surface area (Å²) >= 11 is 0. The summed E-state index contributed by atoms with van der Waals surface area (Å²) in [6, 6.07) is 10.2. The van der Waals surface area contributed by atoms with E-state index in [1.165, 1.54) is 6.07 Å². The summed E-state index contributed by atoms with van der Waals surface area (Å²) in [7, 11) is 0. The molecule has 0 spiro atoms. The van der Waals surface area contributed by atoms with Crippen LogP contribution in [0, 0.1) is 0 Å². The van der Waals surface area contributed by atoms with Gasteiger partial charge in [-0.2, -0.15) is 13.2 Å². The molecule has 0 saturated heterocycles. The normalized spacial score (nSPS) is 13.9. The van der Waals surface area contributed by atoms with E-state index in [1.807, 2.05) is 0 Å². The highest BCUT2D eigenvalue weighted by Gasteiger charge is 2.32. The van der Waals surface area contributed by atoms with Crippen LogP contribution in [-0.2, 0) is 12.6 Å². The maximum absolute atomic E-state index is 12.9. The largest absolute Gasteiger partial charge is 0.490 e. The molecule has 26 heavy (non-hydrogen) atoms. The Labute approximate surface area is 149 Å². The van der Waals surface area contributed by atoms with E-state index in [4.69, 9.17) is 4.74 Å². The van der Waals surface area contributed by atoms with Crippen molar-refractivity contribution in [2.24, 2.45) is 0 Å². The fourth-order valence-corrected chi connectivity index (χ4v) is 2.99. The van der Waals surface area contributed by atoms with Crippen LogP contribution in [0.2, 0.25) is 0 Å². The molecule has 0 atom stereocenters. The monoisotopic (exact) mass is 361 g/mol. The van der Waals surface area contributed by atoms with Gasteiger partial charge in [0, 0.05) is 17.8 Å². The van der Waals surface area contributed by atoms with Gasteiger partial charge in [-0.3, -0.25) is 4.79 Å². The van der Waals surface area contributed by atoms with Crippen molar-refractivity contribution in [2.75, 3.05) is 18.1 Å². The van der Waals surface area contributed by atoms with Gasteiger partial charge in [-0.05, 0) is 60.9 Å². The highest BCUT2D eigenvalue weighted by molar-refractivity contribution is 6.06. The maximum Gasteiger partial charge on any atom is 0.416 e. The number of carbonyl (C=O) groups is 1. The highest BCUT2D eigenvalue weighted by atomic mass is 19.4. The van der Waals surface area contributed by atoms with E-state index in [0.717, 1.165) is 12.1 Å². The lowest BCUT2D eigenvalue weighted by atomic mass is 9.98. The molecule has 1 heterocycles. The van der Waals surface area contributed by atoms with Gasteiger partial charge in [-0.25, -0.2) is 0 Å². The van der Waals surface area contributed by atoms with Crippen LogP contribution in [-0.4, -0.2) is 19.1 Å². The number of hydrogen-bond acceptors (Lipinski definition) is 2. The second kappa shape index (κ2) is 7.23. The molecule has 6 heteroatoms. The number of rotatable bonds is 4. The van der Waals surface area contributed by atoms with E-state index in [2.05, 4.69) is 6.58 Å². The Bertz CT molecular complexity index is 813. The Morgan fingerprint density at radius 2 is 1.92 bits per heavy atom. The molecule has 1 aliphatic heterocycles. The molecular weight excluding hydrogens is 343 g/mol. The SMILES string of the molecule is C=CCOc1ccc(C(=O)N2CCCc3cc(C(F)(F)F)ccc32)cc1. The Balaban J connectivity index is 1.84. The third-order valence-corrected chi connectivity index (χ3v) is 4.24. The van der Waals surface area contributed by atoms with E-state index >= 15 is 0 Å². The van der Waals surface area contributed by atoms with Crippen molar-refractivity contribution in [1.29, 1.82) is 0 Å². The Hall–Kier alpha value is -2.76. The number of fused-ring (bicyclic) bond motifs is 1. The van der Waals surface area contributed by atoms with Crippen LogP contribution >= 0.6 is 0 Å². The van der Waals surface area contributed by atoms with Crippen molar-refractivity contribution in [2.45, 2.75) is 19.0 Å². The average molecular weight is 361 g/mol. The predicted octanol–water partition coefficient (Wildman–Crippen LogP) is 4.86. The van der Waals surface area contributed by atoms with Gasteiger partial charge in [0.05, 0.1) is 5.56 Å². The van der Waals surface area contributed by atoms with E-state index in [0.29, 0.717) is 48.6 Å². The predicted molar refractivity (Wildman–Crippen MR) is 93.6 cm³/mol. The van der Waals surface area contributed by atoms with Gasteiger partial charge in [-0.15, -0.1) is 0 Å². The Morgan fingerprint density at radius 1 is 1.19 bits per heavy atom. The third-order valence-electron chi connectivity index (χ3n) is 4.24. The first-order chi connectivity index (χ1) is 12.4. The lowest BCUT2D eigenvalue weighted by molar-refractivity contribution is -0.137. The van der Waals surface area contributed by atoms with Crippen LogP contribution in [0.15, 0.2) is 55.1 Å². The zero-order chi connectivity index (χ0) is 18.7. The quantitative estimate of drug-likeness (QED) is 0.728. The molecule has 0 N–H and O–H groups in total. The fourth-order valence-electron chi connectivity index (χ4n) is 2.99. The van der Waals surface area contributed by atoms with Crippen LogP contribution in [0.25, 0.3) is 0 Å². The number of aryl methyl sites for hydroxylation is 1. The molecule has 0 unspecified atom stereocenters. The first kappa shape index (κ1) is 18.0. The van der Waals surface area contributed by atoms with Gasteiger partial charge in [0.1, 0.15) is 12.4 Å². The number of benzene rings is 2. The summed E-state index contributed by atoms with van der Waals surface area (Å²) in [4.78, 5) is 14.4. The first-order valence-corrected chi connectivity index (χ1v) is 8.26. The van der Waals surface area contributed by atoms with E-state index in [1.54, 1.807) is 35.2 Å². The van der Waals surface area contributed by atoms with E-state index < -0.39 is 11.7 Å². The van der Waals surface area contributed by atoms with Crippen molar-refractivity contribution >= 4 is 11.6 Å². The highest BCUT2D eigenvalue weighted by Crippen LogP contribution is 2.35. The van der Waals surface area contributed by atoms with E-state index in [-0.39, 0.29) is 5.91 Å². The standard InChI is InChI=1S/C20H18F3NO2/c1-2-12-26-17-8-5-14(6-9-17)19(25)24-11-3-4-15-13-16(20(21,22)23)7-10-18(15)24/h2,5-10,13H,1,3-4,11-12H2. The van der Waals surface area contributed by atoms with Crippen molar-refractivity contribution in [3.8, 4) is 5.75 Å². The summed E-state index contributed by atoms with van der Waals surface area (Å²) < 4.78 is 44.1. The number of halogens is 3. The summed E-state index contributed by atoms with van der Waals surface area (Å²) in [5, 5.41) is 0. The van der Waals surface area contributed by atoms with E-state index in [9.17, 15) is 18.0 Å². The second-order valence-electron chi connectivity index (χ2n) is 6.03. The van der Waals surface area contributed by atoms with Gasteiger partial charge in [0.25, 0.3) is 5.91 Å². The molecule has 2 aromatic rings. The molecule has 0 saturated carbocycles.